The Bertz CT molecular complexity index is 508. The van der Waals surface area contributed by atoms with E-state index in [1.807, 2.05) is 31.2 Å². The smallest absolute Gasteiger partial charge is 0.146 e. The molecular formula is C13H14BrNO2. The van der Waals surface area contributed by atoms with Crippen LogP contribution in [0.15, 0.2) is 39.4 Å². The largest absolute Gasteiger partial charge is 0.486 e. The van der Waals surface area contributed by atoms with E-state index in [9.17, 15) is 0 Å². The number of furan rings is 1. The third-order valence-electron chi connectivity index (χ3n) is 2.56. The topological polar surface area (TPSA) is 48.4 Å². The molecule has 0 aliphatic rings. The summed E-state index contributed by atoms with van der Waals surface area (Å²) in [6, 6.07) is 7.74. The first-order valence-electron chi connectivity index (χ1n) is 5.35. The fraction of sp³-hybridized carbons (Fsp3) is 0.231. The van der Waals surface area contributed by atoms with Crippen molar-refractivity contribution in [3.63, 3.8) is 0 Å². The zero-order valence-corrected chi connectivity index (χ0v) is 11.2. The van der Waals surface area contributed by atoms with Crippen LogP contribution in [-0.4, -0.2) is 0 Å². The molecule has 1 aromatic heterocycles. The second kappa shape index (κ2) is 5.38. The number of nitrogens with two attached hydrogens (primary N) is 1. The van der Waals surface area contributed by atoms with E-state index in [1.165, 1.54) is 0 Å². The summed E-state index contributed by atoms with van der Waals surface area (Å²) in [6.45, 7) is 2.89. The first-order valence-corrected chi connectivity index (χ1v) is 6.14. The van der Waals surface area contributed by atoms with Crippen LogP contribution >= 0.6 is 15.9 Å². The normalized spacial score (nSPS) is 10.5. The van der Waals surface area contributed by atoms with Crippen molar-refractivity contribution in [3.8, 4) is 5.75 Å². The first kappa shape index (κ1) is 12.2. The fourth-order valence-electron chi connectivity index (χ4n) is 1.53. The molecular weight excluding hydrogens is 282 g/mol. The van der Waals surface area contributed by atoms with E-state index in [0.717, 1.165) is 27.1 Å². The van der Waals surface area contributed by atoms with Crippen molar-refractivity contribution < 1.29 is 9.15 Å². The highest BCUT2D eigenvalue weighted by atomic mass is 79.9. The Balaban J connectivity index is 2.05. The summed E-state index contributed by atoms with van der Waals surface area (Å²) in [5.41, 5.74) is 7.71. The van der Waals surface area contributed by atoms with Crippen LogP contribution in [0.5, 0.6) is 5.75 Å². The predicted molar refractivity (Wildman–Crippen MR) is 69.8 cm³/mol. The number of rotatable bonds is 4. The maximum atomic E-state index is 5.66. The Kier molecular flexibility index (Phi) is 3.86. The van der Waals surface area contributed by atoms with E-state index in [2.05, 4.69) is 15.9 Å². The van der Waals surface area contributed by atoms with Crippen LogP contribution < -0.4 is 10.5 Å². The van der Waals surface area contributed by atoms with Crippen molar-refractivity contribution in [2.24, 2.45) is 5.73 Å². The Morgan fingerprint density at radius 2 is 2.18 bits per heavy atom. The van der Waals surface area contributed by atoms with E-state index in [0.29, 0.717) is 13.2 Å². The van der Waals surface area contributed by atoms with Gasteiger partial charge in [0.1, 0.15) is 18.1 Å². The lowest BCUT2D eigenvalue weighted by Gasteiger charge is -2.07. The minimum absolute atomic E-state index is 0.403. The highest BCUT2D eigenvalue weighted by molar-refractivity contribution is 9.10. The lowest BCUT2D eigenvalue weighted by molar-refractivity contribution is 0.268. The van der Waals surface area contributed by atoms with Gasteiger partial charge >= 0.3 is 0 Å². The number of halogens is 1. The van der Waals surface area contributed by atoms with Gasteiger partial charge in [0.05, 0.1) is 6.26 Å². The van der Waals surface area contributed by atoms with Gasteiger partial charge < -0.3 is 14.9 Å². The molecule has 0 fully saturated rings. The van der Waals surface area contributed by atoms with Gasteiger partial charge in [0.15, 0.2) is 0 Å². The number of benzene rings is 1. The zero-order chi connectivity index (χ0) is 12.3. The quantitative estimate of drug-likeness (QED) is 0.940. The SMILES string of the molecule is Cc1cc(OCc2occc2CN)ccc1Br. The van der Waals surface area contributed by atoms with Gasteiger partial charge in [-0.2, -0.15) is 0 Å². The molecule has 3 nitrogen and oxygen atoms in total. The van der Waals surface area contributed by atoms with Crippen LogP contribution in [0.4, 0.5) is 0 Å². The Morgan fingerprint density at radius 3 is 2.88 bits per heavy atom. The van der Waals surface area contributed by atoms with Gasteiger partial charge in [-0.25, -0.2) is 0 Å². The fourth-order valence-corrected chi connectivity index (χ4v) is 1.78. The maximum absolute atomic E-state index is 5.66. The van der Waals surface area contributed by atoms with Crippen LogP contribution in [0.1, 0.15) is 16.9 Å². The highest BCUT2D eigenvalue weighted by Gasteiger charge is 2.06. The van der Waals surface area contributed by atoms with Crippen molar-refractivity contribution in [2.75, 3.05) is 0 Å². The van der Waals surface area contributed by atoms with E-state index < -0.39 is 0 Å². The molecule has 0 atom stereocenters. The molecule has 2 aromatic rings. The Labute approximate surface area is 109 Å². The molecule has 4 heteroatoms. The summed E-state index contributed by atoms with van der Waals surface area (Å²) in [7, 11) is 0. The molecule has 0 spiro atoms. The summed E-state index contributed by atoms with van der Waals surface area (Å²) in [5, 5.41) is 0. The van der Waals surface area contributed by atoms with Gasteiger partial charge in [-0.1, -0.05) is 15.9 Å². The van der Waals surface area contributed by atoms with Crippen molar-refractivity contribution >= 4 is 15.9 Å². The van der Waals surface area contributed by atoms with Gasteiger partial charge in [0.25, 0.3) is 0 Å². The molecule has 17 heavy (non-hydrogen) atoms. The summed E-state index contributed by atoms with van der Waals surface area (Å²) in [5.74, 6) is 1.61. The third kappa shape index (κ3) is 2.90. The molecule has 0 amide bonds. The standard InChI is InChI=1S/C13H14BrNO2/c1-9-6-11(2-3-12(9)14)17-8-13-10(7-15)4-5-16-13/h2-6H,7-8,15H2,1H3. The van der Waals surface area contributed by atoms with Gasteiger partial charge in [-0.3, -0.25) is 0 Å². The molecule has 0 unspecified atom stereocenters. The molecule has 0 aliphatic heterocycles. The van der Waals surface area contributed by atoms with Crippen LogP contribution in [0, 0.1) is 6.92 Å². The van der Waals surface area contributed by atoms with Gasteiger partial charge in [-0.15, -0.1) is 0 Å². The average molecular weight is 296 g/mol. The molecule has 1 aromatic carbocycles. The number of hydrogen-bond donors (Lipinski definition) is 1. The number of aryl methyl sites for hydroxylation is 1. The summed E-state index contributed by atoms with van der Waals surface area (Å²) >= 11 is 3.45. The van der Waals surface area contributed by atoms with Crippen molar-refractivity contribution in [3.05, 3.63) is 51.9 Å². The lowest BCUT2D eigenvalue weighted by atomic mass is 10.2. The summed E-state index contributed by atoms with van der Waals surface area (Å²) in [6.07, 6.45) is 1.63. The van der Waals surface area contributed by atoms with Crippen LogP contribution in [-0.2, 0) is 13.2 Å². The molecule has 0 saturated carbocycles. The van der Waals surface area contributed by atoms with Crippen LogP contribution in [0.25, 0.3) is 0 Å². The maximum Gasteiger partial charge on any atom is 0.146 e. The Hall–Kier alpha value is -1.26. The van der Waals surface area contributed by atoms with Gasteiger partial charge in [-0.05, 0) is 36.8 Å². The van der Waals surface area contributed by atoms with Crippen LogP contribution in [0.2, 0.25) is 0 Å². The van der Waals surface area contributed by atoms with Crippen molar-refractivity contribution in [2.45, 2.75) is 20.1 Å². The second-order valence-electron chi connectivity index (χ2n) is 3.77. The van der Waals surface area contributed by atoms with E-state index in [1.54, 1.807) is 6.26 Å². The molecule has 0 saturated heterocycles. The van der Waals surface area contributed by atoms with Crippen LogP contribution in [0.3, 0.4) is 0 Å². The van der Waals surface area contributed by atoms with E-state index >= 15 is 0 Å². The predicted octanol–water partition coefficient (Wildman–Crippen LogP) is 3.39. The average Bonchev–Trinajstić information content (AvgIpc) is 2.78. The summed E-state index contributed by atoms with van der Waals surface area (Å²) < 4.78 is 12.1. The molecule has 0 aliphatic carbocycles. The zero-order valence-electron chi connectivity index (χ0n) is 9.57. The second-order valence-corrected chi connectivity index (χ2v) is 4.63. The number of hydrogen-bond acceptors (Lipinski definition) is 3. The third-order valence-corrected chi connectivity index (χ3v) is 3.45. The van der Waals surface area contributed by atoms with Crippen molar-refractivity contribution in [1.29, 1.82) is 0 Å². The monoisotopic (exact) mass is 295 g/mol. The minimum atomic E-state index is 0.403. The summed E-state index contributed by atoms with van der Waals surface area (Å²) in [4.78, 5) is 0. The van der Waals surface area contributed by atoms with E-state index in [4.69, 9.17) is 14.9 Å². The lowest BCUT2D eigenvalue weighted by Crippen LogP contribution is -2.02. The Morgan fingerprint density at radius 1 is 1.35 bits per heavy atom. The molecule has 2 rings (SSSR count). The minimum Gasteiger partial charge on any atom is -0.486 e. The first-order chi connectivity index (χ1) is 8.20. The van der Waals surface area contributed by atoms with Crippen molar-refractivity contribution in [1.82, 2.24) is 0 Å². The van der Waals surface area contributed by atoms with E-state index in [-0.39, 0.29) is 0 Å². The molecule has 90 valence electrons. The molecule has 0 radical (unpaired) electrons. The number of ether oxygens (including phenoxy) is 1. The van der Waals surface area contributed by atoms with Gasteiger partial charge in [0.2, 0.25) is 0 Å². The molecule has 1 heterocycles. The molecule has 2 N–H and O–H groups in total. The highest BCUT2D eigenvalue weighted by Crippen LogP contribution is 2.22. The molecule has 0 bridgehead atoms. The van der Waals surface area contributed by atoms with Gasteiger partial charge in [0, 0.05) is 16.6 Å².